The van der Waals surface area contributed by atoms with Gasteiger partial charge < -0.3 is 0 Å². The first-order chi connectivity index (χ1) is 3.43. The molecule has 1 rings (SSSR count). The summed E-state index contributed by atoms with van der Waals surface area (Å²) in [5, 5.41) is 0. The van der Waals surface area contributed by atoms with Crippen LogP contribution in [0, 0.1) is 0 Å². The average molecular weight is 95.1 g/mol. The topological polar surface area (TPSA) is 3.01 Å². The van der Waals surface area contributed by atoms with Crippen LogP contribution in [-0.2, 0) is 0 Å². The molecule has 1 aliphatic heterocycles. The molecule has 0 radical (unpaired) electrons. The van der Waals surface area contributed by atoms with Gasteiger partial charge in [-0.2, -0.15) is 0 Å². The Morgan fingerprint density at radius 2 is 2.43 bits per heavy atom. The first-order valence-corrected chi connectivity index (χ1v) is 2.50. The molecule has 1 fully saturated rings. The Morgan fingerprint density at radius 1 is 1.71 bits per heavy atom. The standard InChI is InChI=1S/C6H9N/c1-2-3-4-7-5-6-7/h3H,1,4-6H2. The Bertz CT molecular complexity index is 96.7. The van der Waals surface area contributed by atoms with E-state index in [0.717, 1.165) is 6.54 Å². The summed E-state index contributed by atoms with van der Waals surface area (Å²) >= 11 is 0. The second-order valence-electron chi connectivity index (χ2n) is 1.71. The van der Waals surface area contributed by atoms with E-state index in [9.17, 15) is 0 Å². The van der Waals surface area contributed by atoms with Crippen molar-refractivity contribution < 1.29 is 0 Å². The predicted molar refractivity (Wildman–Crippen MR) is 30.1 cm³/mol. The Balaban J connectivity index is 2.09. The maximum Gasteiger partial charge on any atom is 0.0239 e. The molecule has 0 spiro atoms. The van der Waals surface area contributed by atoms with Crippen molar-refractivity contribution in [3.05, 3.63) is 18.4 Å². The van der Waals surface area contributed by atoms with Crippen LogP contribution in [0.5, 0.6) is 0 Å². The largest absolute Gasteiger partial charge is 0.297 e. The first-order valence-electron chi connectivity index (χ1n) is 2.50. The molecule has 7 heavy (non-hydrogen) atoms. The van der Waals surface area contributed by atoms with Gasteiger partial charge in [-0.25, -0.2) is 0 Å². The molecule has 0 amide bonds. The molecule has 0 bridgehead atoms. The molecular weight excluding hydrogens is 86.1 g/mol. The fourth-order valence-corrected chi connectivity index (χ4v) is 0.447. The molecule has 0 saturated carbocycles. The van der Waals surface area contributed by atoms with Crippen LogP contribution >= 0.6 is 0 Å². The lowest BCUT2D eigenvalue weighted by molar-refractivity contribution is 0.629. The van der Waals surface area contributed by atoms with Gasteiger partial charge in [-0.3, -0.25) is 4.90 Å². The lowest BCUT2D eigenvalue weighted by atomic mass is 10.6. The molecule has 38 valence electrons. The van der Waals surface area contributed by atoms with E-state index < -0.39 is 0 Å². The highest BCUT2D eigenvalue weighted by Gasteiger charge is 2.13. The van der Waals surface area contributed by atoms with E-state index >= 15 is 0 Å². The molecule has 0 aliphatic carbocycles. The summed E-state index contributed by atoms with van der Waals surface area (Å²) in [5.41, 5.74) is 2.72. The smallest absolute Gasteiger partial charge is 0.0239 e. The highest BCUT2D eigenvalue weighted by atomic mass is 15.2. The third-order valence-electron chi connectivity index (χ3n) is 1.03. The van der Waals surface area contributed by atoms with Gasteiger partial charge in [-0.1, -0.05) is 6.58 Å². The van der Waals surface area contributed by atoms with Crippen LogP contribution in [0.15, 0.2) is 18.4 Å². The molecule has 0 atom stereocenters. The van der Waals surface area contributed by atoms with E-state index in [-0.39, 0.29) is 0 Å². The molecule has 1 heterocycles. The number of hydrogen-bond donors (Lipinski definition) is 0. The van der Waals surface area contributed by atoms with Crippen molar-refractivity contribution in [3.63, 3.8) is 0 Å². The summed E-state index contributed by atoms with van der Waals surface area (Å²) in [6.45, 7) is 7.02. The molecule has 1 aliphatic rings. The normalized spacial score (nSPS) is 18.3. The molecule has 0 aromatic rings. The number of nitrogens with zero attached hydrogens (tertiary/aromatic N) is 1. The highest BCUT2D eigenvalue weighted by Crippen LogP contribution is 2.00. The van der Waals surface area contributed by atoms with E-state index in [4.69, 9.17) is 0 Å². The van der Waals surface area contributed by atoms with Crippen LogP contribution < -0.4 is 0 Å². The quantitative estimate of drug-likeness (QED) is 0.359. The zero-order chi connectivity index (χ0) is 5.11. The summed E-state index contributed by atoms with van der Waals surface area (Å²) in [4.78, 5) is 2.30. The zero-order valence-corrected chi connectivity index (χ0v) is 4.35. The molecule has 1 heteroatoms. The second kappa shape index (κ2) is 1.97. The minimum Gasteiger partial charge on any atom is -0.297 e. The van der Waals surface area contributed by atoms with Gasteiger partial charge in [-0.05, 0) is 6.08 Å². The summed E-state index contributed by atoms with van der Waals surface area (Å²) in [5.74, 6) is 0. The summed E-state index contributed by atoms with van der Waals surface area (Å²) in [6.07, 6.45) is 1.95. The maximum absolute atomic E-state index is 3.45. The zero-order valence-electron chi connectivity index (χ0n) is 4.35. The van der Waals surface area contributed by atoms with Gasteiger partial charge in [0, 0.05) is 19.6 Å². The Kier molecular flexibility index (Phi) is 1.30. The Labute approximate surface area is 43.9 Å². The van der Waals surface area contributed by atoms with E-state index in [1.54, 1.807) is 0 Å². The fraction of sp³-hybridized carbons (Fsp3) is 0.500. The molecule has 0 N–H and O–H groups in total. The second-order valence-corrected chi connectivity index (χ2v) is 1.71. The molecule has 1 nitrogen and oxygen atoms in total. The lowest BCUT2D eigenvalue weighted by Crippen LogP contribution is -1.92. The Morgan fingerprint density at radius 3 is 2.86 bits per heavy atom. The van der Waals surface area contributed by atoms with Gasteiger partial charge in [0.2, 0.25) is 0 Å². The Hall–Kier alpha value is -0.520. The number of rotatable bonds is 2. The summed E-state index contributed by atoms with van der Waals surface area (Å²) in [6, 6.07) is 0. The van der Waals surface area contributed by atoms with Gasteiger partial charge in [0.15, 0.2) is 0 Å². The third-order valence-corrected chi connectivity index (χ3v) is 1.03. The van der Waals surface area contributed by atoms with Crippen LogP contribution in [0.4, 0.5) is 0 Å². The van der Waals surface area contributed by atoms with Crippen molar-refractivity contribution in [3.8, 4) is 0 Å². The molecule has 0 aromatic carbocycles. The molecule has 0 unspecified atom stereocenters. The van der Waals surface area contributed by atoms with Crippen LogP contribution in [0.3, 0.4) is 0 Å². The van der Waals surface area contributed by atoms with Gasteiger partial charge in [0.05, 0.1) is 0 Å². The van der Waals surface area contributed by atoms with Crippen LogP contribution in [0.2, 0.25) is 0 Å². The molecule has 0 aromatic heterocycles. The van der Waals surface area contributed by atoms with Crippen LogP contribution in [0.25, 0.3) is 0 Å². The monoisotopic (exact) mass is 95.1 g/mol. The predicted octanol–water partition coefficient (Wildman–Crippen LogP) is 0.643. The van der Waals surface area contributed by atoms with Gasteiger partial charge >= 0.3 is 0 Å². The molecular formula is C6H9N. The van der Waals surface area contributed by atoms with E-state index in [1.165, 1.54) is 13.1 Å². The average Bonchev–Trinajstić information content (AvgIpc) is 2.42. The summed E-state index contributed by atoms with van der Waals surface area (Å²) in [7, 11) is 0. The van der Waals surface area contributed by atoms with Gasteiger partial charge in [0.25, 0.3) is 0 Å². The molecule has 1 saturated heterocycles. The van der Waals surface area contributed by atoms with Gasteiger partial charge in [-0.15, -0.1) is 5.73 Å². The number of hydrogen-bond acceptors (Lipinski definition) is 1. The van der Waals surface area contributed by atoms with Crippen molar-refractivity contribution in [2.45, 2.75) is 0 Å². The van der Waals surface area contributed by atoms with Crippen molar-refractivity contribution in [2.75, 3.05) is 19.6 Å². The van der Waals surface area contributed by atoms with Crippen LogP contribution in [0.1, 0.15) is 0 Å². The third kappa shape index (κ3) is 1.58. The maximum atomic E-state index is 3.45. The SMILES string of the molecule is C=C=CCN1CC1. The fourth-order valence-electron chi connectivity index (χ4n) is 0.447. The lowest BCUT2D eigenvalue weighted by Gasteiger charge is -1.84. The van der Waals surface area contributed by atoms with Crippen molar-refractivity contribution in [1.29, 1.82) is 0 Å². The van der Waals surface area contributed by atoms with Crippen molar-refractivity contribution >= 4 is 0 Å². The van der Waals surface area contributed by atoms with E-state index in [1.807, 2.05) is 6.08 Å². The minimum absolute atomic E-state index is 1.05. The first kappa shape index (κ1) is 4.63. The van der Waals surface area contributed by atoms with Crippen LogP contribution in [-0.4, -0.2) is 24.5 Å². The minimum atomic E-state index is 1.05. The van der Waals surface area contributed by atoms with E-state index in [2.05, 4.69) is 17.2 Å². The van der Waals surface area contributed by atoms with Gasteiger partial charge in [0.1, 0.15) is 0 Å². The van der Waals surface area contributed by atoms with E-state index in [0.29, 0.717) is 0 Å². The summed E-state index contributed by atoms with van der Waals surface area (Å²) < 4.78 is 0. The highest BCUT2D eigenvalue weighted by molar-refractivity contribution is 4.85. The van der Waals surface area contributed by atoms with Crippen molar-refractivity contribution in [2.24, 2.45) is 0 Å². The van der Waals surface area contributed by atoms with Crippen molar-refractivity contribution in [1.82, 2.24) is 4.90 Å².